The topological polar surface area (TPSA) is 63.3 Å². The Balaban J connectivity index is 1.89. The van der Waals surface area contributed by atoms with E-state index in [2.05, 4.69) is 29.2 Å². The molecule has 0 aliphatic carbocycles. The fourth-order valence-corrected chi connectivity index (χ4v) is 3.67. The first kappa shape index (κ1) is 20.4. The van der Waals surface area contributed by atoms with Crippen molar-refractivity contribution in [2.75, 3.05) is 13.1 Å². The van der Waals surface area contributed by atoms with E-state index in [1.54, 1.807) is 12.1 Å². The lowest BCUT2D eigenvalue weighted by Gasteiger charge is -2.35. The van der Waals surface area contributed by atoms with Gasteiger partial charge in [0.1, 0.15) is 5.76 Å². The van der Waals surface area contributed by atoms with Gasteiger partial charge in [-0.15, -0.1) is 0 Å². The second-order valence-electron chi connectivity index (χ2n) is 7.40. The van der Waals surface area contributed by atoms with Gasteiger partial charge in [-0.25, -0.2) is 0 Å². The van der Waals surface area contributed by atoms with Crippen molar-refractivity contribution >= 4 is 5.91 Å². The summed E-state index contributed by atoms with van der Waals surface area (Å²) in [5.74, 6) is -0.337. The third kappa shape index (κ3) is 4.24. The Morgan fingerprint density at radius 2 is 2.18 bits per heavy atom. The number of furan rings is 1. The molecular formula is C19H25F3N4O2. The number of rotatable bonds is 5. The molecule has 3 heterocycles. The molecule has 2 aromatic heterocycles. The van der Waals surface area contributed by atoms with Gasteiger partial charge in [0.05, 0.1) is 24.4 Å². The van der Waals surface area contributed by atoms with Crippen molar-refractivity contribution < 1.29 is 22.4 Å². The average molecular weight is 398 g/mol. The lowest BCUT2D eigenvalue weighted by atomic mass is 10.0. The maximum atomic E-state index is 13.6. The molecule has 1 unspecified atom stereocenters. The number of nitrogens with zero attached hydrogens (tertiary/aromatic N) is 3. The van der Waals surface area contributed by atoms with E-state index in [4.69, 9.17) is 4.42 Å². The molecule has 9 heteroatoms. The summed E-state index contributed by atoms with van der Waals surface area (Å²) in [5.41, 5.74) is -1.32. The van der Waals surface area contributed by atoms with E-state index in [9.17, 15) is 18.0 Å². The van der Waals surface area contributed by atoms with Crippen LogP contribution in [0.4, 0.5) is 13.2 Å². The molecule has 1 atom stereocenters. The maximum absolute atomic E-state index is 13.6. The second kappa shape index (κ2) is 7.98. The number of halogens is 3. The molecule has 0 saturated carbocycles. The van der Waals surface area contributed by atoms with Crippen molar-refractivity contribution in [2.45, 2.75) is 58.4 Å². The van der Waals surface area contributed by atoms with Crippen LogP contribution in [0.3, 0.4) is 0 Å². The van der Waals surface area contributed by atoms with Crippen LogP contribution < -0.4 is 5.32 Å². The highest BCUT2D eigenvalue weighted by Crippen LogP contribution is 2.35. The SMILES string of the molecule is Cc1c(C(=O)NCc2ccco2)c(C(F)(F)F)nn1C1CCCN(C(C)C)C1. The Kier molecular flexibility index (Phi) is 5.83. The third-order valence-electron chi connectivity index (χ3n) is 5.15. The average Bonchev–Trinajstić information content (AvgIpc) is 3.27. The normalized spacial score (nSPS) is 18.6. The number of amides is 1. The highest BCUT2D eigenvalue weighted by molar-refractivity contribution is 5.96. The van der Waals surface area contributed by atoms with Crippen molar-refractivity contribution in [2.24, 2.45) is 0 Å². The van der Waals surface area contributed by atoms with Gasteiger partial charge in [0.2, 0.25) is 0 Å². The summed E-state index contributed by atoms with van der Waals surface area (Å²) in [4.78, 5) is 14.8. The van der Waals surface area contributed by atoms with Crippen LogP contribution in [0.25, 0.3) is 0 Å². The Labute approximate surface area is 161 Å². The van der Waals surface area contributed by atoms with E-state index >= 15 is 0 Å². The summed E-state index contributed by atoms with van der Waals surface area (Å²) in [6.07, 6.45) is -1.66. The number of aromatic nitrogens is 2. The van der Waals surface area contributed by atoms with Gasteiger partial charge in [-0.05, 0) is 52.3 Å². The first-order valence-corrected chi connectivity index (χ1v) is 9.39. The van der Waals surface area contributed by atoms with E-state index in [-0.39, 0.29) is 18.3 Å². The first-order valence-electron chi connectivity index (χ1n) is 9.39. The second-order valence-corrected chi connectivity index (χ2v) is 7.40. The summed E-state index contributed by atoms with van der Waals surface area (Å²) in [5, 5.41) is 6.35. The van der Waals surface area contributed by atoms with E-state index < -0.39 is 23.3 Å². The molecule has 3 rings (SSSR count). The molecule has 154 valence electrons. The van der Waals surface area contributed by atoms with Gasteiger partial charge >= 0.3 is 6.18 Å². The van der Waals surface area contributed by atoms with Gasteiger partial charge in [0, 0.05) is 18.3 Å². The minimum atomic E-state index is -4.71. The summed E-state index contributed by atoms with van der Waals surface area (Å²) < 4.78 is 47.3. The summed E-state index contributed by atoms with van der Waals surface area (Å²) in [7, 11) is 0. The Bertz CT molecular complexity index is 812. The van der Waals surface area contributed by atoms with Crippen molar-refractivity contribution in [3.05, 3.63) is 41.1 Å². The number of hydrogen-bond donors (Lipinski definition) is 1. The minimum absolute atomic E-state index is 0.0122. The molecule has 1 aliphatic rings. The van der Waals surface area contributed by atoms with Gasteiger partial charge in [-0.2, -0.15) is 18.3 Å². The van der Waals surface area contributed by atoms with Crippen molar-refractivity contribution in [1.82, 2.24) is 20.0 Å². The van der Waals surface area contributed by atoms with Crippen molar-refractivity contribution in [1.29, 1.82) is 0 Å². The zero-order valence-electron chi connectivity index (χ0n) is 16.2. The Hall–Kier alpha value is -2.29. The van der Waals surface area contributed by atoms with Crippen LogP contribution in [0.15, 0.2) is 22.8 Å². The van der Waals surface area contributed by atoms with E-state index in [1.165, 1.54) is 17.9 Å². The van der Waals surface area contributed by atoms with Crippen LogP contribution in [0, 0.1) is 6.92 Å². The summed E-state index contributed by atoms with van der Waals surface area (Å²) in [6.45, 7) is 7.19. The Morgan fingerprint density at radius 3 is 2.79 bits per heavy atom. The van der Waals surface area contributed by atoms with Crippen LogP contribution >= 0.6 is 0 Å². The van der Waals surface area contributed by atoms with E-state index in [0.717, 1.165) is 19.4 Å². The first-order chi connectivity index (χ1) is 13.2. The van der Waals surface area contributed by atoms with Crippen LogP contribution in [0.1, 0.15) is 60.2 Å². The lowest BCUT2D eigenvalue weighted by molar-refractivity contribution is -0.142. The third-order valence-corrected chi connectivity index (χ3v) is 5.15. The maximum Gasteiger partial charge on any atom is 0.435 e. The Morgan fingerprint density at radius 1 is 1.43 bits per heavy atom. The number of alkyl halides is 3. The van der Waals surface area contributed by atoms with Crippen LogP contribution in [-0.2, 0) is 12.7 Å². The van der Waals surface area contributed by atoms with Gasteiger partial charge in [0.15, 0.2) is 5.69 Å². The largest absolute Gasteiger partial charge is 0.467 e. The lowest BCUT2D eigenvalue weighted by Crippen LogP contribution is -2.41. The summed E-state index contributed by atoms with van der Waals surface area (Å²) in [6, 6.07) is 3.40. The standard InChI is InChI=1S/C19H25F3N4O2/c1-12(2)25-8-4-6-14(11-25)26-13(3)16(17(24-26)19(20,21)22)18(27)23-10-15-7-5-9-28-15/h5,7,9,12,14H,4,6,8,10-11H2,1-3H3,(H,23,27). The monoisotopic (exact) mass is 398 g/mol. The van der Waals surface area contributed by atoms with Gasteiger partial charge < -0.3 is 9.73 Å². The number of hydrogen-bond acceptors (Lipinski definition) is 4. The smallest absolute Gasteiger partial charge is 0.435 e. The predicted molar refractivity (Wildman–Crippen MR) is 96.8 cm³/mol. The molecule has 1 aliphatic heterocycles. The highest BCUT2D eigenvalue weighted by Gasteiger charge is 2.42. The zero-order valence-corrected chi connectivity index (χ0v) is 16.2. The quantitative estimate of drug-likeness (QED) is 0.833. The highest BCUT2D eigenvalue weighted by atomic mass is 19.4. The molecule has 0 spiro atoms. The molecule has 1 N–H and O–H groups in total. The minimum Gasteiger partial charge on any atom is -0.467 e. The molecule has 28 heavy (non-hydrogen) atoms. The molecule has 0 radical (unpaired) electrons. The fraction of sp³-hybridized carbons (Fsp3) is 0.579. The van der Waals surface area contributed by atoms with E-state index in [1.807, 2.05) is 0 Å². The van der Waals surface area contributed by atoms with Crippen molar-refractivity contribution in [3.63, 3.8) is 0 Å². The van der Waals surface area contributed by atoms with E-state index in [0.29, 0.717) is 18.3 Å². The van der Waals surface area contributed by atoms with Gasteiger partial charge in [-0.1, -0.05) is 0 Å². The summed E-state index contributed by atoms with van der Waals surface area (Å²) >= 11 is 0. The predicted octanol–water partition coefficient (Wildman–Crippen LogP) is 3.78. The van der Waals surface area contributed by atoms with Crippen LogP contribution in [0.5, 0.6) is 0 Å². The number of piperidine rings is 1. The number of carbonyl (C=O) groups is 1. The van der Waals surface area contributed by atoms with Crippen molar-refractivity contribution in [3.8, 4) is 0 Å². The van der Waals surface area contributed by atoms with Crippen LogP contribution in [0.2, 0.25) is 0 Å². The molecule has 6 nitrogen and oxygen atoms in total. The molecule has 1 saturated heterocycles. The van der Waals surface area contributed by atoms with Gasteiger partial charge in [-0.3, -0.25) is 14.4 Å². The zero-order chi connectivity index (χ0) is 20.5. The molecular weight excluding hydrogens is 373 g/mol. The number of likely N-dealkylation sites (tertiary alicyclic amines) is 1. The molecule has 0 bridgehead atoms. The molecule has 0 aromatic carbocycles. The number of carbonyl (C=O) groups excluding carboxylic acids is 1. The van der Waals surface area contributed by atoms with Crippen LogP contribution in [-0.4, -0.2) is 39.7 Å². The van der Waals surface area contributed by atoms with Gasteiger partial charge in [0.25, 0.3) is 5.91 Å². The fourth-order valence-electron chi connectivity index (χ4n) is 3.67. The molecule has 1 fully saturated rings. The molecule has 1 amide bonds. The molecule has 2 aromatic rings. The number of nitrogens with one attached hydrogen (secondary N) is 1.